The lowest BCUT2D eigenvalue weighted by molar-refractivity contribution is -0.118. The lowest BCUT2D eigenvalue weighted by Gasteiger charge is -2.12. The SMILES string of the molecule is CCCCCCNC(=NC)NCc1ccc(NC(=O)C(C)C)cc1.I. The quantitative estimate of drug-likeness (QED) is 0.225. The van der Waals surface area contributed by atoms with Gasteiger partial charge in [0.2, 0.25) is 5.91 Å². The first kappa shape index (κ1) is 23.7. The molecule has 0 fully saturated rings. The van der Waals surface area contributed by atoms with Crippen molar-refractivity contribution in [2.24, 2.45) is 10.9 Å². The third-order valence-corrected chi connectivity index (χ3v) is 3.75. The molecule has 0 aliphatic carbocycles. The number of benzene rings is 1. The molecule has 6 heteroatoms. The second-order valence-electron chi connectivity index (χ2n) is 6.25. The third kappa shape index (κ3) is 10.3. The van der Waals surface area contributed by atoms with E-state index in [0.29, 0.717) is 6.54 Å². The summed E-state index contributed by atoms with van der Waals surface area (Å²) in [7, 11) is 1.78. The molecule has 5 nitrogen and oxygen atoms in total. The van der Waals surface area contributed by atoms with Crippen LogP contribution in [0.25, 0.3) is 0 Å². The Morgan fingerprint density at radius 1 is 1.08 bits per heavy atom. The number of unbranched alkanes of at least 4 members (excludes halogenated alkanes) is 3. The number of hydrogen-bond donors (Lipinski definition) is 3. The number of carbonyl (C=O) groups excluding carboxylic acids is 1. The zero-order valence-electron chi connectivity index (χ0n) is 15.9. The van der Waals surface area contributed by atoms with Gasteiger partial charge in [0.05, 0.1) is 0 Å². The van der Waals surface area contributed by atoms with E-state index in [2.05, 4.69) is 27.9 Å². The molecule has 0 aliphatic rings. The van der Waals surface area contributed by atoms with E-state index in [4.69, 9.17) is 0 Å². The highest BCUT2D eigenvalue weighted by molar-refractivity contribution is 14.0. The topological polar surface area (TPSA) is 65.5 Å². The van der Waals surface area contributed by atoms with Crippen molar-refractivity contribution in [2.45, 2.75) is 53.0 Å². The largest absolute Gasteiger partial charge is 0.356 e. The molecule has 0 spiro atoms. The summed E-state index contributed by atoms with van der Waals surface area (Å²) in [5, 5.41) is 9.53. The van der Waals surface area contributed by atoms with Gasteiger partial charge in [0.25, 0.3) is 0 Å². The molecular formula is C19H33IN4O. The van der Waals surface area contributed by atoms with Crippen LogP contribution in [0, 0.1) is 5.92 Å². The minimum Gasteiger partial charge on any atom is -0.356 e. The van der Waals surface area contributed by atoms with E-state index in [1.165, 1.54) is 25.7 Å². The maximum atomic E-state index is 11.7. The fraction of sp³-hybridized carbons (Fsp3) is 0.579. The molecule has 0 atom stereocenters. The molecule has 0 unspecified atom stereocenters. The average molecular weight is 460 g/mol. The van der Waals surface area contributed by atoms with E-state index in [0.717, 1.165) is 23.8 Å². The summed E-state index contributed by atoms with van der Waals surface area (Å²) in [5.74, 6) is 0.843. The van der Waals surface area contributed by atoms with E-state index in [-0.39, 0.29) is 35.8 Å². The van der Waals surface area contributed by atoms with Crippen molar-refractivity contribution in [3.63, 3.8) is 0 Å². The van der Waals surface area contributed by atoms with Gasteiger partial charge in [-0.2, -0.15) is 0 Å². The van der Waals surface area contributed by atoms with Crippen LogP contribution in [-0.4, -0.2) is 25.5 Å². The molecule has 0 heterocycles. The lowest BCUT2D eigenvalue weighted by Crippen LogP contribution is -2.37. The molecule has 1 rings (SSSR count). The van der Waals surface area contributed by atoms with Crippen LogP contribution >= 0.6 is 24.0 Å². The van der Waals surface area contributed by atoms with E-state index >= 15 is 0 Å². The van der Waals surface area contributed by atoms with Gasteiger partial charge in [-0.3, -0.25) is 9.79 Å². The van der Waals surface area contributed by atoms with Crippen LogP contribution < -0.4 is 16.0 Å². The van der Waals surface area contributed by atoms with E-state index in [9.17, 15) is 4.79 Å². The number of nitrogens with one attached hydrogen (secondary N) is 3. The van der Waals surface area contributed by atoms with Crippen molar-refractivity contribution >= 4 is 41.5 Å². The van der Waals surface area contributed by atoms with Crippen molar-refractivity contribution in [2.75, 3.05) is 18.9 Å². The highest BCUT2D eigenvalue weighted by Gasteiger charge is 2.06. The van der Waals surface area contributed by atoms with Gasteiger partial charge in [0, 0.05) is 31.7 Å². The van der Waals surface area contributed by atoms with Gasteiger partial charge in [-0.05, 0) is 24.1 Å². The van der Waals surface area contributed by atoms with Gasteiger partial charge >= 0.3 is 0 Å². The summed E-state index contributed by atoms with van der Waals surface area (Å²) in [6.45, 7) is 7.63. The standard InChI is InChI=1S/C19H32N4O.HI/c1-5-6-7-8-13-21-19(20-4)22-14-16-9-11-17(12-10-16)23-18(24)15(2)3;/h9-12,15H,5-8,13-14H2,1-4H3,(H,23,24)(H2,20,21,22);1H. The summed E-state index contributed by atoms with van der Waals surface area (Å²) in [4.78, 5) is 15.9. The first-order valence-corrected chi connectivity index (χ1v) is 8.91. The first-order chi connectivity index (χ1) is 11.6. The zero-order valence-corrected chi connectivity index (χ0v) is 18.2. The van der Waals surface area contributed by atoms with E-state index in [1.54, 1.807) is 7.05 Å². The molecule has 0 saturated heterocycles. The summed E-state index contributed by atoms with van der Waals surface area (Å²) < 4.78 is 0. The smallest absolute Gasteiger partial charge is 0.226 e. The number of amides is 1. The maximum absolute atomic E-state index is 11.7. The molecule has 0 aromatic heterocycles. The van der Waals surface area contributed by atoms with Crippen LogP contribution in [0.3, 0.4) is 0 Å². The Kier molecular flexibility index (Phi) is 13.2. The molecule has 1 amide bonds. The van der Waals surface area contributed by atoms with Crippen LogP contribution in [0.5, 0.6) is 0 Å². The number of guanidine groups is 1. The Morgan fingerprint density at radius 2 is 1.76 bits per heavy atom. The minimum atomic E-state index is -0.0157. The van der Waals surface area contributed by atoms with Crippen LogP contribution in [0.15, 0.2) is 29.3 Å². The molecule has 0 aliphatic heterocycles. The van der Waals surface area contributed by atoms with Crippen molar-refractivity contribution < 1.29 is 4.79 Å². The first-order valence-electron chi connectivity index (χ1n) is 8.91. The summed E-state index contributed by atoms with van der Waals surface area (Å²) in [6, 6.07) is 7.88. The molecule has 0 bridgehead atoms. The Balaban J connectivity index is 0.00000576. The van der Waals surface area contributed by atoms with Gasteiger partial charge in [-0.25, -0.2) is 0 Å². The highest BCUT2D eigenvalue weighted by Crippen LogP contribution is 2.10. The van der Waals surface area contributed by atoms with Gasteiger partial charge in [0.1, 0.15) is 0 Å². The fourth-order valence-electron chi connectivity index (χ4n) is 2.16. The minimum absolute atomic E-state index is 0. The van der Waals surface area contributed by atoms with Gasteiger partial charge < -0.3 is 16.0 Å². The number of halogens is 1. The Labute approximate surface area is 169 Å². The van der Waals surface area contributed by atoms with Crippen molar-refractivity contribution in [3.05, 3.63) is 29.8 Å². The molecule has 0 radical (unpaired) electrons. The molecule has 1 aromatic rings. The Hall–Kier alpha value is -1.31. The number of carbonyl (C=O) groups is 1. The average Bonchev–Trinajstić information content (AvgIpc) is 2.58. The fourth-order valence-corrected chi connectivity index (χ4v) is 2.16. The zero-order chi connectivity index (χ0) is 17.8. The highest BCUT2D eigenvalue weighted by atomic mass is 127. The number of rotatable bonds is 9. The normalized spacial score (nSPS) is 11.0. The Bertz CT molecular complexity index is 515. The van der Waals surface area contributed by atoms with Gasteiger partial charge in [-0.1, -0.05) is 52.2 Å². The second kappa shape index (κ2) is 13.9. The van der Waals surface area contributed by atoms with Gasteiger partial charge in [-0.15, -0.1) is 24.0 Å². The molecule has 0 saturated carbocycles. The predicted octanol–water partition coefficient (Wildman–Crippen LogP) is 4.14. The van der Waals surface area contributed by atoms with Crippen molar-refractivity contribution in [1.29, 1.82) is 0 Å². The predicted molar refractivity (Wildman–Crippen MR) is 118 cm³/mol. The van der Waals surface area contributed by atoms with Crippen molar-refractivity contribution in [3.8, 4) is 0 Å². The summed E-state index contributed by atoms with van der Waals surface area (Å²) in [5.41, 5.74) is 1.97. The molecular weight excluding hydrogens is 427 g/mol. The molecule has 3 N–H and O–H groups in total. The van der Waals surface area contributed by atoms with Crippen LogP contribution in [-0.2, 0) is 11.3 Å². The monoisotopic (exact) mass is 460 g/mol. The van der Waals surface area contributed by atoms with Gasteiger partial charge in [0.15, 0.2) is 5.96 Å². The number of anilines is 1. The number of hydrogen-bond acceptors (Lipinski definition) is 2. The molecule has 1 aromatic carbocycles. The lowest BCUT2D eigenvalue weighted by atomic mass is 10.1. The summed E-state index contributed by atoms with van der Waals surface area (Å²) >= 11 is 0. The molecule has 25 heavy (non-hydrogen) atoms. The van der Waals surface area contributed by atoms with Crippen LogP contribution in [0.4, 0.5) is 5.69 Å². The van der Waals surface area contributed by atoms with Crippen LogP contribution in [0.1, 0.15) is 52.0 Å². The van der Waals surface area contributed by atoms with E-state index < -0.39 is 0 Å². The van der Waals surface area contributed by atoms with Crippen LogP contribution in [0.2, 0.25) is 0 Å². The summed E-state index contributed by atoms with van der Waals surface area (Å²) in [6.07, 6.45) is 4.96. The number of nitrogens with zero attached hydrogens (tertiary/aromatic N) is 1. The maximum Gasteiger partial charge on any atom is 0.226 e. The Morgan fingerprint density at radius 3 is 2.32 bits per heavy atom. The second-order valence-corrected chi connectivity index (χ2v) is 6.25. The molecule has 142 valence electrons. The third-order valence-electron chi connectivity index (χ3n) is 3.75. The van der Waals surface area contributed by atoms with Crippen molar-refractivity contribution in [1.82, 2.24) is 10.6 Å². The number of aliphatic imine (C=N–C) groups is 1. The van der Waals surface area contributed by atoms with E-state index in [1.807, 2.05) is 38.1 Å².